The molecule has 0 atom stereocenters. The van der Waals surface area contributed by atoms with Crippen LogP contribution < -0.4 is 4.74 Å². The molecule has 0 saturated carbocycles. The Morgan fingerprint density at radius 3 is 1.40 bits per heavy atom. The molecular weight excluding hydrogens is 436 g/mol. The van der Waals surface area contributed by atoms with Crippen LogP contribution in [0, 0.1) is 0 Å². The van der Waals surface area contributed by atoms with Gasteiger partial charge in [0.15, 0.2) is 0 Å². The van der Waals surface area contributed by atoms with Crippen LogP contribution in [-0.2, 0) is 15.6 Å². The Balaban J connectivity index is 2.53. The van der Waals surface area contributed by atoms with Crippen LogP contribution in [-0.4, -0.2) is 17.0 Å². The van der Waals surface area contributed by atoms with E-state index >= 15 is 0 Å². The maximum Gasteiger partial charge on any atom is 0.335 e. The van der Waals surface area contributed by atoms with Gasteiger partial charge in [0, 0.05) is 17.5 Å². The third-order valence-electron chi connectivity index (χ3n) is 6.65. The number of carbonyl (C=O) groups is 2. The number of hydrogen-bond donors (Lipinski definition) is 1. The number of benzene rings is 1. The van der Waals surface area contributed by atoms with Crippen LogP contribution in [0.25, 0.3) is 0 Å². The van der Waals surface area contributed by atoms with E-state index in [0.29, 0.717) is 12.2 Å². The SMILES string of the molecule is CCCCCCCCCCCCCCCC(=O)Oc1c(C(C)(C)C)cc(C(=O)O)cc1C(C)(C)C. The van der Waals surface area contributed by atoms with Crippen molar-refractivity contribution in [3.8, 4) is 5.75 Å². The molecule has 35 heavy (non-hydrogen) atoms. The van der Waals surface area contributed by atoms with Crippen molar-refractivity contribution in [1.82, 2.24) is 0 Å². The number of hydrogen-bond acceptors (Lipinski definition) is 3. The van der Waals surface area contributed by atoms with Crippen molar-refractivity contribution >= 4 is 11.9 Å². The number of ether oxygens (including phenoxy) is 1. The zero-order valence-electron chi connectivity index (χ0n) is 23.7. The van der Waals surface area contributed by atoms with Gasteiger partial charge in [0.25, 0.3) is 0 Å². The number of carbonyl (C=O) groups excluding carboxylic acids is 1. The van der Waals surface area contributed by atoms with Crippen molar-refractivity contribution in [1.29, 1.82) is 0 Å². The van der Waals surface area contributed by atoms with Crippen molar-refractivity contribution in [2.75, 3.05) is 0 Å². The highest BCUT2D eigenvalue weighted by Crippen LogP contribution is 2.41. The summed E-state index contributed by atoms with van der Waals surface area (Å²) >= 11 is 0. The zero-order valence-corrected chi connectivity index (χ0v) is 23.7. The smallest absolute Gasteiger partial charge is 0.335 e. The lowest BCUT2D eigenvalue weighted by molar-refractivity contribution is -0.134. The Morgan fingerprint density at radius 1 is 0.686 bits per heavy atom. The van der Waals surface area contributed by atoms with Crippen molar-refractivity contribution in [3.63, 3.8) is 0 Å². The van der Waals surface area contributed by atoms with Crippen molar-refractivity contribution in [2.45, 2.75) is 149 Å². The molecule has 0 aliphatic heterocycles. The van der Waals surface area contributed by atoms with E-state index in [0.717, 1.165) is 30.4 Å². The molecule has 4 nitrogen and oxygen atoms in total. The maximum absolute atomic E-state index is 12.8. The Morgan fingerprint density at radius 2 is 1.06 bits per heavy atom. The summed E-state index contributed by atoms with van der Waals surface area (Å²) in [6, 6.07) is 3.32. The highest BCUT2D eigenvalue weighted by Gasteiger charge is 2.30. The van der Waals surface area contributed by atoms with Crippen molar-refractivity contribution in [2.24, 2.45) is 0 Å². The topological polar surface area (TPSA) is 63.6 Å². The third-order valence-corrected chi connectivity index (χ3v) is 6.65. The lowest BCUT2D eigenvalue weighted by atomic mass is 9.78. The van der Waals surface area contributed by atoms with E-state index in [1.54, 1.807) is 12.1 Å². The Hall–Kier alpha value is -1.84. The maximum atomic E-state index is 12.8. The minimum atomic E-state index is -0.967. The predicted molar refractivity (Wildman–Crippen MR) is 147 cm³/mol. The van der Waals surface area contributed by atoms with E-state index in [9.17, 15) is 14.7 Å². The molecule has 4 heteroatoms. The molecule has 1 aromatic rings. The molecule has 0 bridgehead atoms. The number of aromatic carboxylic acids is 1. The lowest BCUT2D eigenvalue weighted by Crippen LogP contribution is -2.23. The first-order valence-electron chi connectivity index (χ1n) is 14.0. The lowest BCUT2D eigenvalue weighted by Gasteiger charge is -2.29. The minimum Gasteiger partial charge on any atom is -0.478 e. The zero-order chi connectivity index (χ0) is 26.5. The molecule has 0 aromatic heterocycles. The standard InChI is InChI=1S/C31H52O4/c1-8-9-10-11-12-13-14-15-16-17-18-19-20-21-27(32)35-28-25(30(2,3)4)22-24(29(33)34)23-26(28)31(5,6)7/h22-23H,8-21H2,1-7H3,(H,33,34). The summed E-state index contributed by atoms with van der Waals surface area (Å²) in [5.41, 5.74) is 1.06. The van der Waals surface area contributed by atoms with E-state index < -0.39 is 5.97 Å². The van der Waals surface area contributed by atoms with Gasteiger partial charge in [-0.05, 0) is 29.4 Å². The Kier molecular flexibility index (Phi) is 13.6. The second-order valence-corrected chi connectivity index (χ2v) is 12.2. The van der Waals surface area contributed by atoms with Crippen LogP contribution in [0.1, 0.15) is 160 Å². The fourth-order valence-corrected chi connectivity index (χ4v) is 4.43. The van der Waals surface area contributed by atoms with E-state index in [1.807, 2.05) is 41.5 Å². The highest BCUT2D eigenvalue weighted by molar-refractivity contribution is 5.89. The van der Waals surface area contributed by atoms with Gasteiger partial charge in [-0.25, -0.2) is 4.79 Å². The van der Waals surface area contributed by atoms with Crippen LogP contribution in [0.4, 0.5) is 0 Å². The molecule has 0 aliphatic rings. The van der Waals surface area contributed by atoms with Gasteiger partial charge in [-0.2, -0.15) is 0 Å². The van der Waals surface area contributed by atoms with Gasteiger partial charge in [-0.1, -0.05) is 126 Å². The van der Waals surface area contributed by atoms with Gasteiger partial charge in [0.2, 0.25) is 0 Å². The van der Waals surface area contributed by atoms with Gasteiger partial charge >= 0.3 is 11.9 Å². The fraction of sp³-hybridized carbons (Fsp3) is 0.742. The second kappa shape index (κ2) is 15.3. The molecule has 0 unspecified atom stereocenters. The molecule has 1 N–H and O–H groups in total. The molecule has 0 spiro atoms. The summed E-state index contributed by atoms with van der Waals surface area (Å²) in [4.78, 5) is 24.5. The summed E-state index contributed by atoms with van der Waals surface area (Å²) in [5, 5.41) is 9.62. The van der Waals surface area contributed by atoms with Crippen LogP contribution in [0.2, 0.25) is 0 Å². The van der Waals surface area contributed by atoms with E-state index in [4.69, 9.17) is 4.74 Å². The predicted octanol–water partition coefficient (Wildman–Crippen LogP) is 9.37. The van der Waals surface area contributed by atoms with Crippen LogP contribution in [0.5, 0.6) is 5.75 Å². The number of rotatable bonds is 16. The summed E-state index contributed by atoms with van der Waals surface area (Å²) in [7, 11) is 0. The largest absolute Gasteiger partial charge is 0.478 e. The van der Waals surface area contributed by atoms with Crippen LogP contribution in [0.3, 0.4) is 0 Å². The summed E-state index contributed by atoms with van der Waals surface area (Å²) < 4.78 is 5.94. The Labute approximate surface area is 215 Å². The normalized spacial score (nSPS) is 12.1. The molecule has 0 saturated heterocycles. The first kappa shape index (κ1) is 31.2. The van der Waals surface area contributed by atoms with Crippen molar-refractivity contribution in [3.05, 3.63) is 28.8 Å². The Bertz CT molecular complexity index is 745. The number of unbranched alkanes of at least 4 members (excludes halogenated alkanes) is 12. The second-order valence-electron chi connectivity index (χ2n) is 12.2. The number of carboxylic acid groups (broad SMARTS) is 1. The van der Waals surface area contributed by atoms with Gasteiger partial charge in [0.05, 0.1) is 5.56 Å². The molecule has 0 aliphatic carbocycles. The quantitative estimate of drug-likeness (QED) is 0.143. The molecule has 1 aromatic carbocycles. The molecule has 0 heterocycles. The highest BCUT2D eigenvalue weighted by atomic mass is 16.5. The van der Waals surface area contributed by atoms with Gasteiger partial charge in [0.1, 0.15) is 5.75 Å². The van der Waals surface area contributed by atoms with E-state index in [2.05, 4.69) is 6.92 Å². The van der Waals surface area contributed by atoms with Crippen LogP contribution in [0.15, 0.2) is 12.1 Å². The van der Waals surface area contributed by atoms with E-state index in [1.165, 1.54) is 64.2 Å². The summed E-state index contributed by atoms with van der Waals surface area (Å²) in [6.45, 7) is 14.4. The fourth-order valence-electron chi connectivity index (χ4n) is 4.43. The first-order valence-corrected chi connectivity index (χ1v) is 14.0. The molecule has 0 radical (unpaired) electrons. The average Bonchev–Trinajstić information content (AvgIpc) is 2.75. The van der Waals surface area contributed by atoms with Crippen molar-refractivity contribution < 1.29 is 19.4 Å². The molecule has 0 amide bonds. The average molecular weight is 489 g/mol. The minimum absolute atomic E-state index is 0.229. The molecule has 0 fully saturated rings. The first-order chi connectivity index (χ1) is 16.4. The monoisotopic (exact) mass is 488 g/mol. The van der Waals surface area contributed by atoms with Crippen LogP contribution >= 0.6 is 0 Å². The van der Waals surface area contributed by atoms with E-state index in [-0.39, 0.29) is 22.4 Å². The number of esters is 1. The van der Waals surface area contributed by atoms with Gasteiger partial charge < -0.3 is 9.84 Å². The molecular formula is C31H52O4. The summed E-state index contributed by atoms with van der Waals surface area (Å²) in [5.74, 6) is -0.660. The molecule has 200 valence electrons. The molecule has 1 rings (SSSR count). The van der Waals surface area contributed by atoms with Gasteiger partial charge in [-0.3, -0.25) is 4.79 Å². The summed E-state index contributed by atoms with van der Waals surface area (Å²) in [6.07, 6.45) is 16.9. The van der Waals surface area contributed by atoms with Gasteiger partial charge in [-0.15, -0.1) is 0 Å². The number of carboxylic acids is 1. The third kappa shape index (κ3) is 12.1.